The number of hydrogen-bond donors (Lipinski definition) is 0. The minimum Gasteiger partial charge on any atom is -0.268 e. The zero-order valence-corrected chi connectivity index (χ0v) is 15.6. The van der Waals surface area contributed by atoms with Crippen molar-refractivity contribution in [3.8, 4) is 0 Å². The van der Waals surface area contributed by atoms with E-state index in [1.54, 1.807) is 20.4 Å². The van der Waals surface area contributed by atoms with E-state index in [4.69, 9.17) is 4.98 Å². The van der Waals surface area contributed by atoms with Crippen molar-refractivity contribution in [2.75, 3.05) is 6.26 Å². The zero-order chi connectivity index (χ0) is 16.8. The highest BCUT2D eigenvalue weighted by molar-refractivity contribution is 7.98. The van der Waals surface area contributed by atoms with E-state index in [2.05, 4.69) is 11.7 Å². The topological polar surface area (TPSA) is 52.2 Å². The van der Waals surface area contributed by atoms with Crippen molar-refractivity contribution in [2.24, 2.45) is 0 Å². The second kappa shape index (κ2) is 6.04. The van der Waals surface area contributed by atoms with Crippen LogP contribution in [0, 0.1) is 0 Å². The van der Waals surface area contributed by atoms with E-state index in [0.717, 1.165) is 35.1 Å². The molecule has 3 aromatic heterocycles. The molecule has 0 saturated heterocycles. The van der Waals surface area contributed by atoms with Gasteiger partial charge in [0.05, 0.1) is 11.9 Å². The molecule has 0 bridgehead atoms. The number of thiophene rings is 1. The number of hydrogen-bond acceptors (Lipinski definition) is 5. The van der Waals surface area contributed by atoms with Gasteiger partial charge in [0.1, 0.15) is 4.83 Å². The highest BCUT2D eigenvalue weighted by Gasteiger charge is 2.22. The molecular weight excluding hydrogens is 340 g/mol. The summed E-state index contributed by atoms with van der Waals surface area (Å²) in [5.41, 5.74) is 2.26. The van der Waals surface area contributed by atoms with Crippen LogP contribution in [0.5, 0.6) is 0 Å². The summed E-state index contributed by atoms with van der Waals surface area (Å²) in [5, 5.41) is 6.08. The van der Waals surface area contributed by atoms with E-state index in [0.29, 0.717) is 17.5 Å². The predicted octanol–water partition coefficient (Wildman–Crippen LogP) is 3.67. The monoisotopic (exact) mass is 360 g/mol. The first-order valence-corrected chi connectivity index (χ1v) is 10.3. The fourth-order valence-electron chi connectivity index (χ4n) is 3.40. The lowest BCUT2D eigenvalue weighted by Crippen LogP contribution is -2.16. The Labute approximate surface area is 148 Å². The Balaban J connectivity index is 2.06. The van der Waals surface area contributed by atoms with Gasteiger partial charge in [-0.25, -0.2) is 14.1 Å². The maximum absolute atomic E-state index is 13.3. The molecule has 24 heavy (non-hydrogen) atoms. The molecule has 0 N–H and O–H groups in total. The highest BCUT2D eigenvalue weighted by Crippen LogP contribution is 2.33. The first kappa shape index (κ1) is 15.9. The molecule has 7 heteroatoms. The quantitative estimate of drug-likeness (QED) is 0.406. The summed E-state index contributed by atoms with van der Waals surface area (Å²) in [6.07, 6.45) is 7.62. The van der Waals surface area contributed by atoms with Crippen LogP contribution in [-0.4, -0.2) is 25.4 Å². The Morgan fingerprint density at radius 2 is 2.12 bits per heavy atom. The Kier molecular flexibility index (Phi) is 4.00. The number of aromatic nitrogens is 4. The Morgan fingerprint density at radius 3 is 2.88 bits per heavy atom. The molecule has 0 atom stereocenters. The molecule has 3 aromatic rings. The number of rotatable bonds is 3. The molecule has 5 nitrogen and oxygen atoms in total. The summed E-state index contributed by atoms with van der Waals surface area (Å²) in [4.78, 5) is 20.3. The van der Waals surface area contributed by atoms with Crippen LogP contribution in [0.15, 0.2) is 22.1 Å². The summed E-state index contributed by atoms with van der Waals surface area (Å²) in [6, 6.07) is 0. The van der Waals surface area contributed by atoms with Crippen LogP contribution in [0.1, 0.15) is 36.6 Å². The van der Waals surface area contributed by atoms with E-state index < -0.39 is 0 Å². The van der Waals surface area contributed by atoms with Gasteiger partial charge in [0, 0.05) is 4.88 Å². The van der Waals surface area contributed by atoms with E-state index in [1.807, 2.05) is 13.2 Å². The predicted molar refractivity (Wildman–Crippen MR) is 100 cm³/mol. The second-order valence-corrected chi connectivity index (χ2v) is 8.26. The molecule has 0 saturated carbocycles. The van der Waals surface area contributed by atoms with Crippen molar-refractivity contribution in [1.82, 2.24) is 19.2 Å². The van der Waals surface area contributed by atoms with Gasteiger partial charge in [-0.2, -0.15) is 0 Å². The number of aryl methyl sites for hydroxylation is 2. The first-order valence-electron chi connectivity index (χ1n) is 8.22. The van der Waals surface area contributed by atoms with E-state index >= 15 is 0 Å². The van der Waals surface area contributed by atoms with Crippen LogP contribution in [0.25, 0.3) is 16.0 Å². The van der Waals surface area contributed by atoms with Crippen molar-refractivity contribution in [1.29, 1.82) is 0 Å². The van der Waals surface area contributed by atoms with Gasteiger partial charge in [0.25, 0.3) is 5.56 Å². The summed E-state index contributed by atoms with van der Waals surface area (Å²) in [5.74, 6) is 0.622. The Morgan fingerprint density at radius 1 is 1.33 bits per heavy atom. The molecule has 126 valence electrons. The van der Waals surface area contributed by atoms with E-state index in [1.165, 1.54) is 35.0 Å². The van der Waals surface area contributed by atoms with Crippen LogP contribution in [0.2, 0.25) is 0 Å². The Bertz CT molecular complexity index is 1010. The molecule has 4 rings (SSSR count). The van der Waals surface area contributed by atoms with Gasteiger partial charge in [0.2, 0.25) is 5.78 Å². The SMILES string of the molecule is C=C(C)Cn1nc(SC)n2c(=O)c3c4c(sc3nc12)CCCCC4. The fourth-order valence-corrected chi connectivity index (χ4v) is 5.18. The molecular formula is C17H20N4OS2. The highest BCUT2D eigenvalue weighted by atomic mass is 32.2. The lowest BCUT2D eigenvalue weighted by atomic mass is 10.1. The average Bonchev–Trinajstić information content (AvgIpc) is 2.97. The Hall–Kier alpha value is -1.60. The van der Waals surface area contributed by atoms with Crippen LogP contribution in [-0.2, 0) is 19.4 Å². The lowest BCUT2D eigenvalue weighted by Gasteiger charge is -2.02. The minimum absolute atomic E-state index is 0.0340. The van der Waals surface area contributed by atoms with Gasteiger partial charge in [0.15, 0.2) is 5.16 Å². The third-order valence-corrected chi connectivity index (χ3v) is 6.27. The molecule has 0 aliphatic heterocycles. The van der Waals surface area contributed by atoms with Crippen molar-refractivity contribution in [3.05, 3.63) is 32.9 Å². The maximum atomic E-state index is 13.3. The zero-order valence-electron chi connectivity index (χ0n) is 14.0. The minimum atomic E-state index is 0.0340. The van der Waals surface area contributed by atoms with Gasteiger partial charge in [-0.05, 0) is 44.4 Å². The summed E-state index contributed by atoms with van der Waals surface area (Å²) in [7, 11) is 0. The van der Waals surface area contributed by atoms with Gasteiger partial charge in [-0.1, -0.05) is 30.3 Å². The van der Waals surface area contributed by atoms with Crippen molar-refractivity contribution < 1.29 is 0 Å². The number of thioether (sulfide) groups is 1. The molecule has 0 fully saturated rings. The summed E-state index contributed by atoms with van der Waals surface area (Å²) in [6.45, 7) is 6.50. The molecule has 0 spiro atoms. The van der Waals surface area contributed by atoms with Crippen LogP contribution < -0.4 is 5.56 Å². The summed E-state index contributed by atoms with van der Waals surface area (Å²) >= 11 is 3.17. The van der Waals surface area contributed by atoms with Crippen LogP contribution in [0.3, 0.4) is 0 Å². The van der Waals surface area contributed by atoms with Crippen molar-refractivity contribution in [3.63, 3.8) is 0 Å². The van der Waals surface area contributed by atoms with Crippen molar-refractivity contribution >= 4 is 39.1 Å². The molecule has 0 unspecified atom stereocenters. The lowest BCUT2D eigenvalue weighted by molar-refractivity contribution is 0.674. The standard InChI is InChI=1S/C17H20N4OS2/c1-10(2)9-20-16-18-14-13(15(22)21(16)17(19-20)23-3)11-7-5-4-6-8-12(11)24-14/h1,4-9H2,2-3H3. The van der Waals surface area contributed by atoms with Crippen molar-refractivity contribution in [2.45, 2.75) is 50.7 Å². The van der Waals surface area contributed by atoms with Crippen LogP contribution >= 0.6 is 23.1 Å². The molecule has 3 heterocycles. The number of fused-ring (bicyclic) bond motifs is 4. The van der Waals surface area contributed by atoms with Gasteiger partial charge in [-0.3, -0.25) is 4.79 Å². The fraction of sp³-hybridized carbons (Fsp3) is 0.471. The van der Waals surface area contributed by atoms with Gasteiger partial charge in [-0.15, -0.1) is 16.4 Å². The number of nitrogens with zero attached hydrogens (tertiary/aromatic N) is 4. The third-order valence-electron chi connectivity index (χ3n) is 4.45. The second-order valence-electron chi connectivity index (χ2n) is 6.40. The third kappa shape index (κ3) is 2.41. The average molecular weight is 361 g/mol. The summed E-state index contributed by atoms with van der Waals surface area (Å²) < 4.78 is 3.47. The molecule has 1 aliphatic rings. The first-order chi connectivity index (χ1) is 11.6. The molecule has 1 aliphatic carbocycles. The molecule has 0 radical (unpaired) electrons. The number of allylic oxidation sites excluding steroid dienone is 1. The largest absolute Gasteiger partial charge is 0.270 e. The van der Waals surface area contributed by atoms with E-state index in [-0.39, 0.29) is 5.56 Å². The maximum Gasteiger partial charge on any atom is 0.270 e. The molecule has 0 aromatic carbocycles. The molecule has 0 amide bonds. The smallest absolute Gasteiger partial charge is 0.268 e. The normalized spacial score (nSPS) is 14.9. The van der Waals surface area contributed by atoms with Gasteiger partial charge < -0.3 is 0 Å². The van der Waals surface area contributed by atoms with Gasteiger partial charge >= 0.3 is 0 Å². The van der Waals surface area contributed by atoms with E-state index in [9.17, 15) is 4.79 Å². The van der Waals surface area contributed by atoms with Crippen LogP contribution in [0.4, 0.5) is 0 Å².